The van der Waals surface area contributed by atoms with Crippen LogP contribution < -0.4 is 5.32 Å². The van der Waals surface area contributed by atoms with Crippen LogP contribution in [0.25, 0.3) is 0 Å². The standard InChI is InChI=1S/C13H17ClN2O3S/c1-20(18,19)16-7-3-6-12(16)13(17)15-9-10-4-2-5-11(14)8-10/h2,4-5,8,12H,3,6-7,9H2,1H3,(H,15,17). The van der Waals surface area contributed by atoms with Gasteiger partial charge >= 0.3 is 0 Å². The molecular weight excluding hydrogens is 300 g/mol. The molecule has 1 heterocycles. The third kappa shape index (κ3) is 3.71. The molecule has 0 aromatic heterocycles. The Kier molecular flexibility index (Phi) is 4.67. The summed E-state index contributed by atoms with van der Waals surface area (Å²) in [4.78, 5) is 12.1. The van der Waals surface area contributed by atoms with Crippen LogP contribution in [0.1, 0.15) is 18.4 Å². The zero-order valence-corrected chi connectivity index (χ0v) is 12.7. The molecule has 1 aliphatic rings. The van der Waals surface area contributed by atoms with Crippen molar-refractivity contribution in [2.45, 2.75) is 25.4 Å². The maximum Gasteiger partial charge on any atom is 0.238 e. The van der Waals surface area contributed by atoms with Crippen LogP contribution in [0.4, 0.5) is 0 Å². The van der Waals surface area contributed by atoms with Crippen LogP contribution in [0.2, 0.25) is 5.02 Å². The van der Waals surface area contributed by atoms with Crippen molar-refractivity contribution in [2.75, 3.05) is 12.8 Å². The van der Waals surface area contributed by atoms with Gasteiger partial charge in [0.05, 0.1) is 6.26 Å². The summed E-state index contributed by atoms with van der Waals surface area (Å²) in [6.07, 6.45) is 2.41. The largest absolute Gasteiger partial charge is 0.351 e. The fourth-order valence-electron chi connectivity index (χ4n) is 2.35. The van der Waals surface area contributed by atoms with Gasteiger partial charge in [0.2, 0.25) is 15.9 Å². The van der Waals surface area contributed by atoms with Crippen molar-refractivity contribution in [3.05, 3.63) is 34.9 Å². The molecular formula is C13H17ClN2O3S. The highest BCUT2D eigenvalue weighted by Gasteiger charge is 2.36. The molecule has 20 heavy (non-hydrogen) atoms. The van der Waals surface area contributed by atoms with E-state index in [0.717, 1.165) is 11.8 Å². The second kappa shape index (κ2) is 6.11. The molecule has 1 aromatic rings. The summed E-state index contributed by atoms with van der Waals surface area (Å²) < 4.78 is 24.5. The fraction of sp³-hybridized carbons (Fsp3) is 0.462. The van der Waals surface area contributed by atoms with Gasteiger partial charge < -0.3 is 5.32 Å². The lowest BCUT2D eigenvalue weighted by molar-refractivity contribution is -0.124. The Bertz CT molecular complexity index is 603. The molecule has 7 heteroatoms. The highest BCUT2D eigenvalue weighted by atomic mass is 35.5. The van der Waals surface area contributed by atoms with E-state index < -0.39 is 16.1 Å². The number of carbonyl (C=O) groups excluding carboxylic acids is 1. The van der Waals surface area contributed by atoms with Crippen molar-refractivity contribution < 1.29 is 13.2 Å². The van der Waals surface area contributed by atoms with E-state index in [1.165, 1.54) is 4.31 Å². The van der Waals surface area contributed by atoms with E-state index in [0.29, 0.717) is 31.0 Å². The number of carbonyl (C=O) groups is 1. The average Bonchev–Trinajstić information content (AvgIpc) is 2.85. The number of nitrogens with one attached hydrogen (secondary N) is 1. The molecule has 5 nitrogen and oxygen atoms in total. The summed E-state index contributed by atoms with van der Waals surface area (Å²) in [6.45, 7) is 0.752. The third-order valence-corrected chi connectivity index (χ3v) is 4.81. The van der Waals surface area contributed by atoms with E-state index in [1.807, 2.05) is 12.1 Å². The number of amides is 1. The maximum absolute atomic E-state index is 12.1. The van der Waals surface area contributed by atoms with E-state index >= 15 is 0 Å². The number of rotatable bonds is 4. The van der Waals surface area contributed by atoms with Crippen molar-refractivity contribution in [1.29, 1.82) is 0 Å². The van der Waals surface area contributed by atoms with Crippen LogP contribution >= 0.6 is 11.6 Å². The van der Waals surface area contributed by atoms with Crippen molar-refractivity contribution in [1.82, 2.24) is 9.62 Å². The Labute approximate surface area is 124 Å². The Balaban J connectivity index is 1.98. The lowest BCUT2D eigenvalue weighted by Crippen LogP contribution is -2.45. The highest BCUT2D eigenvalue weighted by molar-refractivity contribution is 7.88. The fourth-order valence-corrected chi connectivity index (χ4v) is 3.69. The topological polar surface area (TPSA) is 66.5 Å². The van der Waals surface area contributed by atoms with Crippen molar-refractivity contribution >= 4 is 27.5 Å². The number of halogens is 1. The molecule has 1 amide bonds. The second-order valence-electron chi connectivity index (χ2n) is 4.88. The van der Waals surface area contributed by atoms with Crippen LogP contribution in [0.5, 0.6) is 0 Å². The van der Waals surface area contributed by atoms with Gasteiger partial charge in [-0.15, -0.1) is 0 Å². The minimum atomic E-state index is -3.34. The zero-order chi connectivity index (χ0) is 14.8. The summed E-state index contributed by atoms with van der Waals surface area (Å²) >= 11 is 5.87. The molecule has 0 aliphatic carbocycles. The molecule has 1 atom stereocenters. The molecule has 1 unspecified atom stereocenters. The van der Waals surface area contributed by atoms with Crippen LogP contribution in [0.15, 0.2) is 24.3 Å². The molecule has 1 aliphatic heterocycles. The quantitative estimate of drug-likeness (QED) is 0.912. The second-order valence-corrected chi connectivity index (χ2v) is 7.25. The molecule has 1 fully saturated rings. The van der Waals surface area contributed by atoms with Gasteiger partial charge in [0.25, 0.3) is 0 Å². The van der Waals surface area contributed by atoms with E-state index in [1.54, 1.807) is 12.1 Å². The molecule has 110 valence electrons. The molecule has 0 bridgehead atoms. The predicted molar refractivity (Wildman–Crippen MR) is 77.9 cm³/mol. The van der Waals surface area contributed by atoms with Gasteiger partial charge in [-0.25, -0.2) is 8.42 Å². The van der Waals surface area contributed by atoms with Crippen LogP contribution in [-0.4, -0.2) is 37.5 Å². The monoisotopic (exact) mass is 316 g/mol. The first kappa shape index (κ1) is 15.3. The van der Waals surface area contributed by atoms with Crippen LogP contribution in [0, 0.1) is 0 Å². The maximum atomic E-state index is 12.1. The normalized spacial score (nSPS) is 20.0. The number of hydrogen-bond donors (Lipinski definition) is 1. The molecule has 1 N–H and O–H groups in total. The third-order valence-electron chi connectivity index (χ3n) is 3.29. The van der Waals surface area contributed by atoms with Gasteiger partial charge in [-0.3, -0.25) is 4.79 Å². The molecule has 0 saturated carbocycles. The van der Waals surface area contributed by atoms with Gasteiger partial charge in [-0.1, -0.05) is 23.7 Å². The first-order valence-corrected chi connectivity index (χ1v) is 8.59. The number of nitrogens with zero attached hydrogens (tertiary/aromatic N) is 1. The van der Waals surface area contributed by atoms with E-state index in [-0.39, 0.29) is 5.91 Å². The van der Waals surface area contributed by atoms with Gasteiger partial charge in [-0.05, 0) is 30.5 Å². The Morgan fingerprint density at radius 3 is 2.90 bits per heavy atom. The Morgan fingerprint density at radius 1 is 1.50 bits per heavy atom. The van der Waals surface area contributed by atoms with Crippen molar-refractivity contribution in [3.8, 4) is 0 Å². The Morgan fingerprint density at radius 2 is 2.25 bits per heavy atom. The average molecular weight is 317 g/mol. The van der Waals surface area contributed by atoms with Crippen molar-refractivity contribution in [2.24, 2.45) is 0 Å². The molecule has 1 aromatic carbocycles. The lowest BCUT2D eigenvalue weighted by atomic mass is 10.2. The number of sulfonamides is 1. The number of benzene rings is 1. The summed E-state index contributed by atoms with van der Waals surface area (Å²) in [5.74, 6) is -0.257. The first-order chi connectivity index (χ1) is 9.38. The highest BCUT2D eigenvalue weighted by Crippen LogP contribution is 2.20. The van der Waals surface area contributed by atoms with Gasteiger partial charge in [-0.2, -0.15) is 4.31 Å². The smallest absolute Gasteiger partial charge is 0.238 e. The minimum Gasteiger partial charge on any atom is -0.351 e. The van der Waals surface area contributed by atoms with Gasteiger partial charge in [0.1, 0.15) is 6.04 Å². The van der Waals surface area contributed by atoms with Gasteiger partial charge in [0.15, 0.2) is 0 Å². The van der Waals surface area contributed by atoms with Crippen molar-refractivity contribution in [3.63, 3.8) is 0 Å². The predicted octanol–water partition coefficient (Wildman–Crippen LogP) is 1.38. The summed E-state index contributed by atoms with van der Waals surface area (Å²) in [7, 11) is -3.34. The zero-order valence-electron chi connectivity index (χ0n) is 11.2. The lowest BCUT2D eigenvalue weighted by Gasteiger charge is -2.21. The van der Waals surface area contributed by atoms with E-state index in [9.17, 15) is 13.2 Å². The first-order valence-electron chi connectivity index (χ1n) is 6.37. The Hall–Kier alpha value is -1.11. The SMILES string of the molecule is CS(=O)(=O)N1CCCC1C(=O)NCc1cccc(Cl)c1. The van der Waals surface area contributed by atoms with Gasteiger partial charge in [0, 0.05) is 18.1 Å². The van der Waals surface area contributed by atoms with E-state index in [4.69, 9.17) is 11.6 Å². The molecule has 1 saturated heterocycles. The molecule has 2 rings (SSSR count). The minimum absolute atomic E-state index is 0.257. The number of hydrogen-bond acceptors (Lipinski definition) is 3. The molecule has 0 spiro atoms. The summed E-state index contributed by atoms with van der Waals surface area (Å²) in [6, 6.07) is 6.60. The van der Waals surface area contributed by atoms with E-state index in [2.05, 4.69) is 5.32 Å². The summed E-state index contributed by atoms with van der Waals surface area (Å²) in [5, 5.41) is 3.37. The van der Waals surface area contributed by atoms with Crippen LogP contribution in [-0.2, 0) is 21.4 Å². The van der Waals surface area contributed by atoms with Crippen LogP contribution in [0.3, 0.4) is 0 Å². The summed E-state index contributed by atoms with van der Waals surface area (Å²) in [5.41, 5.74) is 0.884. The molecule has 0 radical (unpaired) electrons.